The van der Waals surface area contributed by atoms with Crippen molar-refractivity contribution in [1.29, 1.82) is 0 Å². The van der Waals surface area contributed by atoms with E-state index in [2.05, 4.69) is 0 Å². The summed E-state index contributed by atoms with van der Waals surface area (Å²) in [6.07, 6.45) is 6.19. The summed E-state index contributed by atoms with van der Waals surface area (Å²) in [6.45, 7) is 1.90. The molecule has 3 heteroatoms. The van der Waals surface area contributed by atoms with E-state index < -0.39 is 9.04 Å². The van der Waals surface area contributed by atoms with Crippen molar-refractivity contribution in [2.45, 2.75) is 50.5 Å². The smallest absolute Gasteiger partial charge is 0.219 e. The predicted molar refractivity (Wildman–Crippen MR) is 49.1 cm³/mol. The Labute approximate surface area is 75.7 Å². The average Bonchev–Trinajstić information content (AvgIpc) is 2.78. The topological polar surface area (TPSA) is 32.4 Å². The summed E-state index contributed by atoms with van der Waals surface area (Å²) in [4.78, 5) is 11.0. The minimum Gasteiger partial charge on any atom is -0.370 e. The van der Waals surface area contributed by atoms with Crippen LogP contribution in [-0.4, -0.2) is 21.2 Å². The number of fused-ring (bicyclic) bond motifs is 1. The van der Waals surface area contributed by atoms with Gasteiger partial charge < -0.3 is 9.53 Å². The van der Waals surface area contributed by atoms with Gasteiger partial charge in [-0.2, -0.15) is 0 Å². The molecule has 0 aromatic heterocycles. The zero-order valence-corrected chi connectivity index (χ0v) is 8.82. The minimum absolute atomic E-state index is 0.590. The maximum Gasteiger partial charge on any atom is 0.219 e. The van der Waals surface area contributed by atoms with Crippen molar-refractivity contribution in [3.8, 4) is 0 Å². The molecule has 1 aliphatic carbocycles. The minimum atomic E-state index is -1.54. The molecule has 0 spiro atoms. The Morgan fingerprint density at radius 3 is 2.92 bits per heavy atom. The highest BCUT2D eigenvalue weighted by Crippen LogP contribution is 2.41. The predicted octanol–water partition coefficient (Wildman–Crippen LogP) is 1.73. The van der Waals surface area contributed by atoms with Crippen LogP contribution in [0.5, 0.6) is 0 Å². The summed E-state index contributed by atoms with van der Waals surface area (Å²) >= 11 is 0. The molecule has 4 unspecified atom stereocenters. The lowest BCUT2D eigenvalue weighted by Crippen LogP contribution is -2.15. The van der Waals surface area contributed by atoms with Gasteiger partial charge >= 0.3 is 0 Å². The molecule has 2 nitrogen and oxygen atoms in total. The highest BCUT2D eigenvalue weighted by molar-refractivity contribution is 6.48. The van der Waals surface area contributed by atoms with E-state index in [1.54, 1.807) is 0 Å². The largest absolute Gasteiger partial charge is 0.370 e. The van der Waals surface area contributed by atoms with Crippen LogP contribution in [-0.2, 0) is 9.53 Å². The molecule has 1 heterocycles. The number of rotatable bonds is 3. The van der Waals surface area contributed by atoms with E-state index >= 15 is 0 Å². The first-order valence-corrected chi connectivity index (χ1v) is 7.51. The van der Waals surface area contributed by atoms with Crippen molar-refractivity contribution in [2.75, 3.05) is 0 Å². The molecule has 12 heavy (non-hydrogen) atoms. The average molecular weight is 185 g/mol. The van der Waals surface area contributed by atoms with Gasteiger partial charge in [0.15, 0.2) is 0 Å². The number of ether oxygens (including phenoxy) is 1. The van der Waals surface area contributed by atoms with Crippen LogP contribution in [0.25, 0.3) is 0 Å². The second-order valence-corrected chi connectivity index (χ2v) is 6.48. The molecule has 0 aromatic carbocycles. The summed E-state index contributed by atoms with van der Waals surface area (Å²) in [5, 5.41) is 0. The molecule has 69 valence electrons. The lowest BCUT2D eigenvalue weighted by molar-refractivity contribution is 0.353. The molecule has 1 saturated carbocycles. The molecule has 2 rings (SSSR count). The monoisotopic (exact) mass is 185 g/mol. The van der Waals surface area contributed by atoms with Gasteiger partial charge in [-0.15, -0.1) is 0 Å². The summed E-state index contributed by atoms with van der Waals surface area (Å²) in [7, 11) is -1.54. The normalized spacial score (nSPS) is 42.0. The van der Waals surface area contributed by atoms with Crippen LogP contribution >= 0.6 is 0 Å². The third-order valence-electron chi connectivity index (χ3n) is 3.09. The molecule has 0 amide bonds. The summed E-state index contributed by atoms with van der Waals surface area (Å²) in [6, 6.07) is 0.988. The Hall–Kier alpha value is 0.137. The maximum absolute atomic E-state index is 11.0. The zero-order valence-electron chi connectivity index (χ0n) is 7.66. The fraction of sp³-hybridized carbons (Fsp3) is 1.00. The SMILES string of the molecule is C[SiH]([O])CCC1CCC2OC2C1. The van der Waals surface area contributed by atoms with E-state index in [1.807, 2.05) is 6.55 Å². The van der Waals surface area contributed by atoms with Gasteiger partial charge in [-0.25, -0.2) is 0 Å². The van der Waals surface area contributed by atoms with Crippen molar-refractivity contribution in [1.82, 2.24) is 0 Å². The molecule has 2 fully saturated rings. The first-order chi connectivity index (χ1) is 5.75. The van der Waals surface area contributed by atoms with E-state index in [4.69, 9.17) is 4.74 Å². The molecular formula is C9H17O2Si. The molecule has 1 aliphatic heterocycles. The molecule has 0 N–H and O–H groups in total. The fourth-order valence-corrected chi connectivity index (χ4v) is 3.16. The van der Waals surface area contributed by atoms with Crippen LogP contribution in [0, 0.1) is 5.92 Å². The van der Waals surface area contributed by atoms with Crippen LogP contribution in [0.1, 0.15) is 25.7 Å². The van der Waals surface area contributed by atoms with Crippen LogP contribution in [0.15, 0.2) is 0 Å². The van der Waals surface area contributed by atoms with E-state index in [1.165, 1.54) is 25.7 Å². The molecule has 1 saturated heterocycles. The van der Waals surface area contributed by atoms with Crippen molar-refractivity contribution in [3.63, 3.8) is 0 Å². The fourth-order valence-electron chi connectivity index (χ4n) is 2.22. The van der Waals surface area contributed by atoms with Gasteiger partial charge in [0.1, 0.15) is 0 Å². The lowest BCUT2D eigenvalue weighted by Gasteiger charge is -2.18. The van der Waals surface area contributed by atoms with E-state index in [9.17, 15) is 4.80 Å². The van der Waals surface area contributed by atoms with Gasteiger partial charge in [-0.3, -0.25) is 0 Å². The Morgan fingerprint density at radius 1 is 1.42 bits per heavy atom. The highest BCUT2D eigenvalue weighted by atomic mass is 28.3. The molecule has 0 aromatic rings. The summed E-state index contributed by atoms with van der Waals surface area (Å²) < 4.78 is 5.45. The number of hydrogen-bond acceptors (Lipinski definition) is 1. The quantitative estimate of drug-likeness (QED) is 0.487. The first kappa shape index (κ1) is 8.72. The summed E-state index contributed by atoms with van der Waals surface area (Å²) in [5.41, 5.74) is 0. The molecule has 4 atom stereocenters. The van der Waals surface area contributed by atoms with Crippen LogP contribution in [0.2, 0.25) is 12.6 Å². The second kappa shape index (κ2) is 3.48. The van der Waals surface area contributed by atoms with Gasteiger partial charge in [0, 0.05) is 0 Å². The Bertz CT molecular complexity index is 161. The lowest BCUT2D eigenvalue weighted by atomic mass is 9.88. The molecule has 1 radical (unpaired) electrons. The number of epoxide rings is 1. The van der Waals surface area contributed by atoms with Crippen molar-refractivity contribution in [3.05, 3.63) is 0 Å². The van der Waals surface area contributed by atoms with Crippen LogP contribution in [0.3, 0.4) is 0 Å². The molecular weight excluding hydrogens is 168 g/mol. The second-order valence-electron chi connectivity index (χ2n) is 4.28. The Morgan fingerprint density at radius 2 is 2.25 bits per heavy atom. The Balaban J connectivity index is 1.67. The third kappa shape index (κ3) is 2.09. The Kier molecular flexibility index (Phi) is 2.53. The van der Waals surface area contributed by atoms with E-state index in [0.29, 0.717) is 12.2 Å². The van der Waals surface area contributed by atoms with Gasteiger partial charge in [0.2, 0.25) is 9.04 Å². The zero-order chi connectivity index (χ0) is 8.55. The van der Waals surface area contributed by atoms with Crippen molar-refractivity contribution >= 4 is 9.04 Å². The van der Waals surface area contributed by atoms with E-state index in [0.717, 1.165) is 12.0 Å². The standard InChI is InChI=1S/C9H17O2Si/c1-12(10)5-4-7-2-3-8-9(6-7)11-8/h7-9,12H,2-6H2,1H3. The van der Waals surface area contributed by atoms with Crippen molar-refractivity contribution in [2.24, 2.45) is 5.92 Å². The van der Waals surface area contributed by atoms with Gasteiger partial charge in [0.25, 0.3) is 0 Å². The first-order valence-electron chi connectivity index (χ1n) is 5.07. The number of hydrogen-bond donors (Lipinski definition) is 0. The summed E-state index contributed by atoms with van der Waals surface area (Å²) in [5.74, 6) is 0.817. The highest BCUT2D eigenvalue weighted by Gasteiger charge is 2.43. The maximum atomic E-state index is 11.0. The van der Waals surface area contributed by atoms with Crippen molar-refractivity contribution < 1.29 is 9.53 Å². The third-order valence-corrected chi connectivity index (χ3v) is 4.24. The van der Waals surface area contributed by atoms with Crippen LogP contribution in [0.4, 0.5) is 0 Å². The van der Waals surface area contributed by atoms with Crippen LogP contribution < -0.4 is 0 Å². The van der Waals surface area contributed by atoms with E-state index in [-0.39, 0.29) is 0 Å². The van der Waals surface area contributed by atoms with Gasteiger partial charge in [-0.05, 0) is 37.8 Å². The molecule has 0 bridgehead atoms. The van der Waals surface area contributed by atoms with Gasteiger partial charge in [-0.1, -0.05) is 6.42 Å². The molecule has 2 aliphatic rings. The van der Waals surface area contributed by atoms with Gasteiger partial charge in [0.05, 0.1) is 12.2 Å².